The zero-order valence-corrected chi connectivity index (χ0v) is 7.10. The van der Waals surface area contributed by atoms with Crippen LogP contribution in [0.15, 0.2) is 29.0 Å². The second kappa shape index (κ2) is 3.20. The predicted octanol–water partition coefficient (Wildman–Crippen LogP) is 2.34. The molecule has 0 aliphatic carbocycles. The Morgan fingerprint density at radius 3 is 3.09 bits per heavy atom. The van der Waals surface area contributed by atoms with E-state index in [0.717, 1.165) is 13.0 Å². The Kier molecular flexibility index (Phi) is 2.06. The molecule has 2 heteroatoms. The molecular formula is C9H11NS. The Morgan fingerprint density at radius 1 is 1.45 bits per heavy atom. The molecule has 0 aromatic carbocycles. The van der Waals surface area contributed by atoms with Crippen molar-refractivity contribution in [2.24, 2.45) is 0 Å². The van der Waals surface area contributed by atoms with Crippen molar-refractivity contribution in [2.75, 3.05) is 6.54 Å². The summed E-state index contributed by atoms with van der Waals surface area (Å²) in [7, 11) is 0. The van der Waals surface area contributed by atoms with Crippen molar-refractivity contribution < 1.29 is 0 Å². The van der Waals surface area contributed by atoms with Crippen LogP contribution in [0.1, 0.15) is 18.0 Å². The van der Waals surface area contributed by atoms with Crippen LogP contribution < -0.4 is 5.32 Å². The molecule has 2 heterocycles. The first kappa shape index (κ1) is 7.07. The fourth-order valence-electron chi connectivity index (χ4n) is 1.34. The molecule has 0 saturated carbocycles. The van der Waals surface area contributed by atoms with Gasteiger partial charge < -0.3 is 5.32 Å². The minimum Gasteiger partial charge on any atom is -0.306 e. The third-order valence-corrected chi connectivity index (χ3v) is 2.67. The quantitative estimate of drug-likeness (QED) is 0.630. The molecule has 1 aromatic rings. The van der Waals surface area contributed by atoms with Crippen LogP contribution in [0.25, 0.3) is 0 Å². The van der Waals surface area contributed by atoms with E-state index in [-0.39, 0.29) is 0 Å². The van der Waals surface area contributed by atoms with E-state index in [4.69, 9.17) is 0 Å². The standard InChI is InChI=1S/C9H11NS/c1-2-5-10-9(3-1)8-4-6-11-7-8/h1-2,4,6-7,9-10H,3,5H2. The van der Waals surface area contributed by atoms with Crippen LogP contribution in [0, 0.1) is 0 Å². The number of thiophene rings is 1. The van der Waals surface area contributed by atoms with Crippen LogP contribution in [0.3, 0.4) is 0 Å². The highest BCUT2D eigenvalue weighted by Gasteiger charge is 2.10. The highest BCUT2D eigenvalue weighted by Crippen LogP contribution is 2.21. The average Bonchev–Trinajstić information content (AvgIpc) is 2.58. The molecular weight excluding hydrogens is 154 g/mol. The zero-order chi connectivity index (χ0) is 7.52. The molecule has 0 spiro atoms. The zero-order valence-electron chi connectivity index (χ0n) is 6.29. The summed E-state index contributed by atoms with van der Waals surface area (Å²) in [6.07, 6.45) is 5.57. The molecule has 1 N–H and O–H groups in total. The molecule has 1 aliphatic rings. The first-order valence-corrected chi connectivity index (χ1v) is 4.81. The smallest absolute Gasteiger partial charge is 0.0365 e. The monoisotopic (exact) mass is 165 g/mol. The van der Waals surface area contributed by atoms with Gasteiger partial charge in [0, 0.05) is 12.6 Å². The van der Waals surface area contributed by atoms with E-state index in [1.807, 2.05) is 0 Å². The van der Waals surface area contributed by atoms with E-state index in [1.54, 1.807) is 11.3 Å². The lowest BCUT2D eigenvalue weighted by Gasteiger charge is -2.18. The predicted molar refractivity (Wildman–Crippen MR) is 48.8 cm³/mol. The fourth-order valence-corrected chi connectivity index (χ4v) is 2.05. The molecule has 1 aliphatic heterocycles. The maximum absolute atomic E-state index is 3.44. The number of hydrogen-bond donors (Lipinski definition) is 1. The molecule has 1 nitrogen and oxygen atoms in total. The summed E-state index contributed by atoms with van der Waals surface area (Å²) in [5.74, 6) is 0. The Bertz CT molecular complexity index is 238. The topological polar surface area (TPSA) is 12.0 Å². The summed E-state index contributed by atoms with van der Waals surface area (Å²) in [6.45, 7) is 1.01. The molecule has 11 heavy (non-hydrogen) atoms. The number of hydrogen-bond acceptors (Lipinski definition) is 2. The van der Waals surface area contributed by atoms with E-state index in [9.17, 15) is 0 Å². The molecule has 0 saturated heterocycles. The van der Waals surface area contributed by atoms with Crippen molar-refractivity contribution >= 4 is 11.3 Å². The summed E-state index contributed by atoms with van der Waals surface area (Å²) < 4.78 is 0. The second-order valence-corrected chi connectivity index (χ2v) is 3.50. The lowest BCUT2D eigenvalue weighted by atomic mass is 10.1. The van der Waals surface area contributed by atoms with Crippen molar-refractivity contribution in [3.8, 4) is 0 Å². The molecule has 0 amide bonds. The van der Waals surface area contributed by atoms with Crippen molar-refractivity contribution in [2.45, 2.75) is 12.5 Å². The Balaban J connectivity index is 2.11. The van der Waals surface area contributed by atoms with E-state index in [1.165, 1.54) is 5.56 Å². The Hall–Kier alpha value is -0.600. The minimum absolute atomic E-state index is 0.561. The highest BCUT2D eigenvalue weighted by molar-refractivity contribution is 7.07. The van der Waals surface area contributed by atoms with Crippen molar-refractivity contribution in [3.05, 3.63) is 34.5 Å². The van der Waals surface area contributed by atoms with Gasteiger partial charge in [-0.3, -0.25) is 0 Å². The van der Waals surface area contributed by atoms with Crippen LogP contribution in [0.5, 0.6) is 0 Å². The SMILES string of the molecule is C1=CCC(c2ccsc2)NC1. The molecule has 0 radical (unpaired) electrons. The number of rotatable bonds is 1. The highest BCUT2D eigenvalue weighted by atomic mass is 32.1. The minimum atomic E-state index is 0.561. The molecule has 1 atom stereocenters. The lowest BCUT2D eigenvalue weighted by Crippen LogP contribution is -2.23. The maximum atomic E-state index is 3.44. The first-order valence-electron chi connectivity index (χ1n) is 3.87. The van der Waals surface area contributed by atoms with Crippen molar-refractivity contribution in [1.82, 2.24) is 5.32 Å². The molecule has 0 fully saturated rings. The first-order chi connectivity index (χ1) is 5.47. The van der Waals surface area contributed by atoms with Gasteiger partial charge in [-0.25, -0.2) is 0 Å². The van der Waals surface area contributed by atoms with Crippen molar-refractivity contribution in [1.29, 1.82) is 0 Å². The molecule has 58 valence electrons. The van der Waals surface area contributed by atoms with Gasteiger partial charge in [-0.2, -0.15) is 11.3 Å². The van der Waals surface area contributed by atoms with E-state index < -0.39 is 0 Å². The van der Waals surface area contributed by atoms with Gasteiger partial charge in [0.2, 0.25) is 0 Å². The van der Waals surface area contributed by atoms with Gasteiger partial charge >= 0.3 is 0 Å². The van der Waals surface area contributed by atoms with Gasteiger partial charge in [0.15, 0.2) is 0 Å². The normalized spacial score (nSPS) is 23.8. The summed E-state index contributed by atoms with van der Waals surface area (Å²) in [6, 6.07) is 2.76. The van der Waals surface area contributed by atoms with E-state index in [0.29, 0.717) is 6.04 Å². The fraction of sp³-hybridized carbons (Fsp3) is 0.333. The maximum Gasteiger partial charge on any atom is 0.0365 e. The van der Waals surface area contributed by atoms with Gasteiger partial charge in [0.25, 0.3) is 0 Å². The summed E-state index contributed by atoms with van der Waals surface area (Å²) in [5.41, 5.74) is 1.43. The Labute approximate surface area is 70.8 Å². The summed E-state index contributed by atoms with van der Waals surface area (Å²) >= 11 is 1.77. The van der Waals surface area contributed by atoms with Gasteiger partial charge in [0.05, 0.1) is 0 Å². The van der Waals surface area contributed by atoms with Crippen molar-refractivity contribution in [3.63, 3.8) is 0 Å². The third-order valence-electron chi connectivity index (χ3n) is 1.97. The Morgan fingerprint density at radius 2 is 2.45 bits per heavy atom. The van der Waals surface area contributed by atoms with Crippen LogP contribution in [-0.2, 0) is 0 Å². The lowest BCUT2D eigenvalue weighted by molar-refractivity contribution is 0.556. The molecule has 0 bridgehead atoms. The van der Waals surface area contributed by atoms with E-state index >= 15 is 0 Å². The molecule has 2 rings (SSSR count). The van der Waals surface area contributed by atoms with Crippen LogP contribution >= 0.6 is 11.3 Å². The molecule has 1 aromatic heterocycles. The van der Waals surface area contributed by atoms with Crippen LogP contribution in [0.4, 0.5) is 0 Å². The van der Waals surface area contributed by atoms with Crippen LogP contribution in [-0.4, -0.2) is 6.54 Å². The second-order valence-electron chi connectivity index (χ2n) is 2.72. The van der Waals surface area contributed by atoms with Gasteiger partial charge in [-0.15, -0.1) is 0 Å². The largest absolute Gasteiger partial charge is 0.306 e. The molecule has 1 unspecified atom stereocenters. The number of nitrogens with one attached hydrogen (secondary N) is 1. The summed E-state index contributed by atoms with van der Waals surface area (Å²) in [4.78, 5) is 0. The summed E-state index contributed by atoms with van der Waals surface area (Å²) in [5, 5.41) is 7.79. The average molecular weight is 165 g/mol. The van der Waals surface area contributed by atoms with Crippen LogP contribution in [0.2, 0.25) is 0 Å². The van der Waals surface area contributed by atoms with Gasteiger partial charge in [0.1, 0.15) is 0 Å². The van der Waals surface area contributed by atoms with Gasteiger partial charge in [-0.1, -0.05) is 12.2 Å². The third kappa shape index (κ3) is 1.52. The van der Waals surface area contributed by atoms with Gasteiger partial charge in [-0.05, 0) is 28.8 Å². The van der Waals surface area contributed by atoms with E-state index in [2.05, 4.69) is 34.3 Å².